The second-order valence-electron chi connectivity index (χ2n) is 10.8. The number of aromatic nitrogens is 2. The zero-order chi connectivity index (χ0) is 25.5. The standard InChI is InChI=1S/C30H25N3O3S2/c34-25(33-22-7-3-1-5-19(22)20-6-2-4-8-23(20)33)15-37-30-31-21-12-11-18(14-24(21)38-30)32-28(35)26-16-9-10-17(13-16)27(26)29(32)36/h1,3,5,7,9-12,14,16-17,26-27H,2,4,6,8,13,15H2/t16-,17-,26-,27+/m0/s1. The first-order valence-corrected chi connectivity index (χ1v) is 15.1. The van der Waals surface area contributed by atoms with E-state index in [0.717, 1.165) is 45.8 Å². The molecule has 4 aromatic rings. The highest BCUT2D eigenvalue weighted by Crippen LogP contribution is 2.53. The van der Waals surface area contributed by atoms with Gasteiger partial charge in [-0.05, 0) is 73.8 Å². The minimum absolute atomic E-state index is 0.0665. The van der Waals surface area contributed by atoms with Crippen LogP contribution in [0.2, 0.25) is 0 Å². The van der Waals surface area contributed by atoms with E-state index in [2.05, 4.69) is 18.2 Å². The Balaban J connectivity index is 1.05. The molecule has 0 N–H and O–H groups in total. The fourth-order valence-corrected chi connectivity index (χ4v) is 9.17. The molecule has 8 rings (SSSR count). The normalized spacial score (nSPS) is 25.6. The molecule has 2 amide bonds. The van der Waals surface area contributed by atoms with Crippen LogP contribution in [0.15, 0.2) is 59.0 Å². The summed E-state index contributed by atoms with van der Waals surface area (Å²) >= 11 is 2.96. The van der Waals surface area contributed by atoms with Crippen molar-refractivity contribution >= 4 is 67.6 Å². The number of imide groups is 1. The summed E-state index contributed by atoms with van der Waals surface area (Å²) in [6, 6.07) is 13.8. The first-order valence-electron chi connectivity index (χ1n) is 13.3. The van der Waals surface area contributed by atoms with E-state index in [0.29, 0.717) is 11.4 Å². The first-order chi connectivity index (χ1) is 18.6. The van der Waals surface area contributed by atoms with Crippen LogP contribution in [0.1, 0.15) is 35.3 Å². The van der Waals surface area contributed by atoms with E-state index >= 15 is 0 Å². The maximum atomic E-state index is 13.5. The predicted molar refractivity (Wildman–Crippen MR) is 150 cm³/mol. The van der Waals surface area contributed by atoms with Gasteiger partial charge in [0.25, 0.3) is 0 Å². The number of amides is 2. The van der Waals surface area contributed by atoms with Crippen LogP contribution in [0.4, 0.5) is 5.69 Å². The molecule has 2 aromatic heterocycles. The third-order valence-electron chi connectivity index (χ3n) is 8.83. The van der Waals surface area contributed by atoms with Gasteiger partial charge >= 0.3 is 0 Å². The maximum absolute atomic E-state index is 13.5. The number of rotatable bonds is 4. The lowest BCUT2D eigenvalue weighted by molar-refractivity contribution is -0.123. The van der Waals surface area contributed by atoms with E-state index in [9.17, 15) is 14.4 Å². The lowest BCUT2D eigenvalue weighted by Gasteiger charge is -2.17. The van der Waals surface area contributed by atoms with Gasteiger partial charge in [-0.15, -0.1) is 11.3 Å². The summed E-state index contributed by atoms with van der Waals surface area (Å²) in [4.78, 5) is 46.1. The van der Waals surface area contributed by atoms with E-state index in [1.807, 2.05) is 41.0 Å². The number of fused-ring (bicyclic) bond motifs is 9. The van der Waals surface area contributed by atoms with Gasteiger partial charge < -0.3 is 0 Å². The van der Waals surface area contributed by atoms with Crippen molar-refractivity contribution in [2.24, 2.45) is 23.7 Å². The molecule has 2 fully saturated rings. The van der Waals surface area contributed by atoms with Gasteiger partial charge in [-0.3, -0.25) is 19.0 Å². The van der Waals surface area contributed by atoms with Crippen LogP contribution >= 0.6 is 23.1 Å². The zero-order valence-electron chi connectivity index (χ0n) is 20.6. The Hall–Kier alpha value is -3.23. The van der Waals surface area contributed by atoms with Gasteiger partial charge in [-0.1, -0.05) is 42.1 Å². The number of benzene rings is 2. The molecule has 4 atom stereocenters. The molecule has 1 aliphatic heterocycles. The highest BCUT2D eigenvalue weighted by molar-refractivity contribution is 8.01. The largest absolute Gasteiger partial charge is 0.283 e. The van der Waals surface area contributed by atoms with Crippen molar-refractivity contribution in [3.63, 3.8) is 0 Å². The van der Waals surface area contributed by atoms with Crippen LogP contribution in [-0.4, -0.2) is 33.0 Å². The number of carbonyl (C=O) groups excluding carboxylic acids is 3. The number of allylic oxidation sites excluding steroid dienone is 2. The Kier molecular flexibility index (Phi) is 5.01. The highest BCUT2D eigenvalue weighted by Gasteiger charge is 2.59. The van der Waals surface area contributed by atoms with Gasteiger partial charge in [-0.2, -0.15) is 0 Å². The maximum Gasteiger partial charge on any atom is 0.241 e. The quantitative estimate of drug-likeness (QED) is 0.184. The smallest absolute Gasteiger partial charge is 0.241 e. The molecular formula is C30H25N3O3S2. The van der Waals surface area contributed by atoms with Gasteiger partial charge in [0, 0.05) is 11.1 Å². The molecule has 4 aliphatic rings. The number of aryl methyl sites for hydroxylation is 1. The van der Waals surface area contributed by atoms with E-state index < -0.39 is 0 Å². The second kappa shape index (κ2) is 8.38. The van der Waals surface area contributed by atoms with Crippen LogP contribution in [0.3, 0.4) is 0 Å². The number of anilines is 1. The topological polar surface area (TPSA) is 72.3 Å². The van der Waals surface area contributed by atoms with Gasteiger partial charge in [0.15, 0.2) is 4.34 Å². The third-order valence-corrected chi connectivity index (χ3v) is 11.0. The molecule has 2 bridgehead atoms. The molecule has 8 heteroatoms. The molecule has 3 heterocycles. The Labute approximate surface area is 227 Å². The Bertz CT molecular complexity index is 1690. The molecule has 0 radical (unpaired) electrons. The minimum Gasteiger partial charge on any atom is -0.283 e. The summed E-state index contributed by atoms with van der Waals surface area (Å²) in [5, 5.41) is 1.20. The molecule has 1 saturated carbocycles. The molecule has 6 nitrogen and oxygen atoms in total. The predicted octanol–water partition coefficient (Wildman–Crippen LogP) is 5.87. The average molecular weight is 540 g/mol. The highest BCUT2D eigenvalue weighted by atomic mass is 32.2. The van der Waals surface area contributed by atoms with Crippen LogP contribution in [0, 0.1) is 23.7 Å². The molecule has 3 aliphatic carbocycles. The summed E-state index contributed by atoms with van der Waals surface area (Å²) < 4.78 is 3.67. The lowest BCUT2D eigenvalue weighted by atomic mass is 9.85. The van der Waals surface area contributed by atoms with E-state index in [4.69, 9.17) is 4.98 Å². The van der Waals surface area contributed by atoms with Crippen molar-refractivity contribution in [3.8, 4) is 0 Å². The monoisotopic (exact) mass is 539 g/mol. The van der Waals surface area contributed by atoms with Crippen molar-refractivity contribution in [3.05, 3.63) is 65.9 Å². The van der Waals surface area contributed by atoms with Crippen molar-refractivity contribution < 1.29 is 14.4 Å². The van der Waals surface area contributed by atoms with Crippen molar-refractivity contribution in [2.45, 2.75) is 36.4 Å². The summed E-state index contributed by atoms with van der Waals surface area (Å²) in [6.45, 7) is 0. The van der Waals surface area contributed by atoms with Crippen LogP contribution in [-0.2, 0) is 22.4 Å². The SMILES string of the molecule is O=C1[C@@H]2[C@H](C(=O)N1c1ccc3nc(SCC(=O)n4c5c(c6ccccc64)CCCC5)sc3c1)[C@H]1C=C[C@H]2C1. The number of hydrogen-bond donors (Lipinski definition) is 0. The number of carbonyl (C=O) groups is 3. The minimum atomic E-state index is -0.206. The molecular weight excluding hydrogens is 514 g/mol. The zero-order valence-corrected chi connectivity index (χ0v) is 22.3. The lowest BCUT2D eigenvalue weighted by Crippen LogP contribution is -2.32. The van der Waals surface area contributed by atoms with Crippen LogP contribution in [0.25, 0.3) is 21.1 Å². The van der Waals surface area contributed by atoms with E-state index in [-0.39, 0.29) is 41.4 Å². The van der Waals surface area contributed by atoms with Crippen LogP contribution < -0.4 is 4.90 Å². The molecule has 0 unspecified atom stereocenters. The third kappa shape index (κ3) is 3.19. The number of thioether (sulfide) groups is 1. The number of para-hydroxylation sites is 1. The summed E-state index contributed by atoms with van der Waals surface area (Å²) in [7, 11) is 0. The molecule has 190 valence electrons. The van der Waals surface area contributed by atoms with Crippen LogP contribution in [0.5, 0.6) is 0 Å². The second-order valence-corrected chi connectivity index (χ2v) is 13.1. The van der Waals surface area contributed by atoms with Gasteiger partial charge in [-0.25, -0.2) is 9.88 Å². The molecule has 0 spiro atoms. The Morgan fingerprint density at radius 2 is 1.76 bits per heavy atom. The fourth-order valence-electron chi connectivity index (χ4n) is 7.22. The summed E-state index contributed by atoms with van der Waals surface area (Å²) in [5.41, 5.74) is 4.95. The first kappa shape index (κ1) is 22.7. The Morgan fingerprint density at radius 1 is 1.00 bits per heavy atom. The van der Waals surface area contributed by atoms with Gasteiger partial charge in [0.1, 0.15) is 0 Å². The molecule has 38 heavy (non-hydrogen) atoms. The molecule has 1 saturated heterocycles. The number of hydrogen-bond acceptors (Lipinski definition) is 6. The van der Waals surface area contributed by atoms with Gasteiger partial charge in [0.2, 0.25) is 17.7 Å². The summed E-state index contributed by atoms with van der Waals surface area (Å²) in [6.07, 6.45) is 9.42. The van der Waals surface area contributed by atoms with E-state index in [1.165, 1.54) is 51.1 Å². The van der Waals surface area contributed by atoms with Crippen molar-refractivity contribution in [1.82, 2.24) is 9.55 Å². The summed E-state index contributed by atoms with van der Waals surface area (Å²) in [5.74, 6) is 0.234. The van der Waals surface area contributed by atoms with E-state index in [1.54, 1.807) is 0 Å². The molecule has 2 aromatic carbocycles. The van der Waals surface area contributed by atoms with Crippen molar-refractivity contribution in [2.75, 3.05) is 10.7 Å². The number of nitrogens with zero attached hydrogens (tertiary/aromatic N) is 3. The van der Waals surface area contributed by atoms with Crippen molar-refractivity contribution in [1.29, 1.82) is 0 Å². The number of thiazole rings is 1. The average Bonchev–Trinajstić information content (AvgIpc) is 3.74. The fraction of sp³-hybridized carbons (Fsp3) is 0.333. The van der Waals surface area contributed by atoms with Gasteiger partial charge in [0.05, 0.1) is 39.0 Å². The Morgan fingerprint density at radius 3 is 2.58 bits per heavy atom.